The molecule has 0 saturated heterocycles. The predicted molar refractivity (Wildman–Crippen MR) is 81.6 cm³/mol. The largest absolute Gasteiger partial charge is 0.478 e. The van der Waals surface area contributed by atoms with Crippen molar-refractivity contribution in [3.63, 3.8) is 0 Å². The van der Waals surface area contributed by atoms with Crippen LogP contribution in [0, 0.1) is 0 Å². The lowest BCUT2D eigenvalue weighted by Crippen LogP contribution is -2.34. The molecule has 1 aliphatic rings. The Morgan fingerprint density at radius 1 is 1.45 bits per heavy atom. The average molecular weight is 288 g/mol. The van der Waals surface area contributed by atoms with E-state index in [4.69, 9.17) is 5.73 Å². The molecule has 1 unspecified atom stereocenters. The Morgan fingerprint density at radius 2 is 2.25 bits per heavy atom. The molecule has 0 amide bonds. The van der Waals surface area contributed by atoms with Crippen molar-refractivity contribution in [3.05, 3.63) is 45.6 Å². The first kappa shape index (κ1) is 13.0. The van der Waals surface area contributed by atoms with Crippen LogP contribution in [0.1, 0.15) is 33.8 Å². The lowest BCUT2D eigenvalue weighted by Gasteiger charge is -2.36. The molecule has 2 heterocycles. The van der Waals surface area contributed by atoms with Crippen molar-refractivity contribution < 1.29 is 9.90 Å². The number of benzene rings is 1. The number of fused-ring (bicyclic) bond motifs is 1. The van der Waals surface area contributed by atoms with Crippen molar-refractivity contribution in [1.29, 1.82) is 0 Å². The first-order valence-corrected chi connectivity index (χ1v) is 7.41. The second-order valence-electron chi connectivity index (χ2n) is 5.00. The number of nitrogen functional groups attached to an aromatic ring is 1. The zero-order chi connectivity index (χ0) is 14.3. The predicted octanol–water partition coefficient (Wildman–Crippen LogP) is 3.15. The summed E-state index contributed by atoms with van der Waals surface area (Å²) in [6, 6.07) is 7.43. The van der Waals surface area contributed by atoms with Gasteiger partial charge < -0.3 is 15.7 Å². The lowest BCUT2D eigenvalue weighted by molar-refractivity contribution is 0.0697. The average Bonchev–Trinajstić information content (AvgIpc) is 2.89. The van der Waals surface area contributed by atoms with E-state index >= 15 is 0 Å². The topological polar surface area (TPSA) is 66.6 Å². The molecule has 1 aliphatic heterocycles. The number of nitrogens with two attached hydrogens (primary N) is 1. The Morgan fingerprint density at radius 3 is 3.00 bits per heavy atom. The zero-order valence-corrected chi connectivity index (χ0v) is 12.0. The third-order valence-corrected chi connectivity index (χ3v) is 4.83. The first-order valence-electron chi connectivity index (χ1n) is 6.53. The molecule has 20 heavy (non-hydrogen) atoms. The molecular weight excluding hydrogens is 272 g/mol. The Balaban J connectivity index is 2.04. The van der Waals surface area contributed by atoms with E-state index in [1.165, 1.54) is 16.5 Å². The number of carbonyl (C=O) groups is 1. The standard InChI is InChI=1S/C15H16N2O2S/c1-9-11-5-7-20-14(11)4-6-17(9)13-3-2-10(16)8-12(13)15(18)19/h2-3,5,7-9H,4,6,16H2,1H3,(H,18,19). The van der Waals surface area contributed by atoms with E-state index in [-0.39, 0.29) is 11.6 Å². The molecule has 0 spiro atoms. The summed E-state index contributed by atoms with van der Waals surface area (Å²) in [5.74, 6) is -0.935. The van der Waals surface area contributed by atoms with Crippen molar-refractivity contribution in [2.75, 3.05) is 17.2 Å². The van der Waals surface area contributed by atoms with Gasteiger partial charge in [-0.15, -0.1) is 11.3 Å². The van der Waals surface area contributed by atoms with Crippen molar-refractivity contribution in [2.45, 2.75) is 19.4 Å². The number of thiophene rings is 1. The number of anilines is 2. The summed E-state index contributed by atoms with van der Waals surface area (Å²) in [5.41, 5.74) is 8.51. The fourth-order valence-electron chi connectivity index (χ4n) is 2.81. The van der Waals surface area contributed by atoms with Crippen LogP contribution in [0.2, 0.25) is 0 Å². The third kappa shape index (κ3) is 2.04. The van der Waals surface area contributed by atoms with Crippen molar-refractivity contribution in [3.8, 4) is 0 Å². The van der Waals surface area contributed by atoms with Gasteiger partial charge >= 0.3 is 5.97 Å². The molecule has 0 bridgehead atoms. The fourth-order valence-corrected chi connectivity index (χ4v) is 3.78. The molecule has 104 valence electrons. The molecule has 0 aliphatic carbocycles. The highest BCUT2D eigenvalue weighted by atomic mass is 32.1. The third-order valence-electron chi connectivity index (χ3n) is 3.84. The van der Waals surface area contributed by atoms with Crippen LogP contribution in [0.25, 0.3) is 0 Å². The van der Waals surface area contributed by atoms with E-state index in [9.17, 15) is 9.90 Å². The minimum atomic E-state index is -0.935. The molecule has 0 saturated carbocycles. The number of carboxylic acid groups (broad SMARTS) is 1. The van der Waals surface area contributed by atoms with Gasteiger partial charge in [0.15, 0.2) is 0 Å². The number of carboxylic acids is 1. The maximum Gasteiger partial charge on any atom is 0.337 e. The number of hydrogen-bond acceptors (Lipinski definition) is 4. The van der Waals surface area contributed by atoms with Crippen LogP contribution in [0.5, 0.6) is 0 Å². The Kier molecular flexibility index (Phi) is 3.14. The Bertz CT molecular complexity index is 666. The smallest absolute Gasteiger partial charge is 0.337 e. The molecule has 0 fully saturated rings. The second-order valence-corrected chi connectivity index (χ2v) is 6.00. The monoisotopic (exact) mass is 288 g/mol. The molecule has 1 atom stereocenters. The summed E-state index contributed by atoms with van der Waals surface area (Å²) in [7, 11) is 0. The number of aromatic carboxylic acids is 1. The minimum absolute atomic E-state index is 0.187. The molecule has 3 N–H and O–H groups in total. The van der Waals surface area contributed by atoms with Gasteiger partial charge in [-0.2, -0.15) is 0 Å². The highest BCUT2D eigenvalue weighted by molar-refractivity contribution is 7.10. The van der Waals surface area contributed by atoms with Gasteiger partial charge in [-0.05, 0) is 48.6 Å². The van der Waals surface area contributed by atoms with Crippen molar-refractivity contribution >= 4 is 28.7 Å². The van der Waals surface area contributed by atoms with Gasteiger partial charge in [-0.3, -0.25) is 0 Å². The van der Waals surface area contributed by atoms with Gasteiger partial charge in [0.05, 0.1) is 17.3 Å². The van der Waals surface area contributed by atoms with Crippen LogP contribution in [-0.4, -0.2) is 17.6 Å². The van der Waals surface area contributed by atoms with Gasteiger partial charge in [0, 0.05) is 17.1 Å². The maximum absolute atomic E-state index is 11.4. The summed E-state index contributed by atoms with van der Waals surface area (Å²) in [4.78, 5) is 15.0. The van der Waals surface area contributed by atoms with E-state index in [0.717, 1.165) is 18.7 Å². The molecule has 1 aromatic carbocycles. The van der Waals surface area contributed by atoms with Crippen molar-refractivity contribution in [2.24, 2.45) is 0 Å². The lowest BCUT2D eigenvalue weighted by atomic mass is 9.99. The van der Waals surface area contributed by atoms with E-state index < -0.39 is 5.97 Å². The molecule has 1 aromatic heterocycles. The highest BCUT2D eigenvalue weighted by Gasteiger charge is 2.27. The molecule has 2 aromatic rings. The summed E-state index contributed by atoms with van der Waals surface area (Å²) < 4.78 is 0. The number of nitrogens with zero attached hydrogens (tertiary/aromatic N) is 1. The van der Waals surface area contributed by atoms with E-state index in [1.807, 2.05) is 6.07 Å². The molecule has 4 nitrogen and oxygen atoms in total. The van der Waals surface area contributed by atoms with Crippen LogP contribution in [0.3, 0.4) is 0 Å². The van der Waals surface area contributed by atoms with Crippen LogP contribution >= 0.6 is 11.3 Å². The van der Waals surface area contributed by atoms with Gasteiger partial charge in [0.1, 0.15) is 0 Å². The van der Waals surface area contributed by atoms with E-state index in [0.29, 0.717) is 5.69 Å². The number of rotatable bonds is 2. The van der Waals surface area contributed by atoms with Crippen LogP contribution < -0.4 is 10.6 Å². The molecular formula is C15H16N2O2S. The maximum atomic E-state index is 11.4. The normalized spacial score (nSPS) is 17.9. The Labute approximate surface area is 121 Å². The van der Waals surface area contributed by atoms with Crippen LogP contribution in [0.15, 0.2) is 29.6 Å². The summed E-state index contributed by atoms with van der Waals surface area (Å²) >= 11 is 1.78. The fraction of sp³-hybridized carbons (Fsp3) is 0.267. The van der Waals surface area contributed by atoms with Gasteiger partial charge in [0.25, 0.3) is 0 Å². The van der Waals surface area contributed by atoms with Crippen LogP contribution in [-0.2, 0) is 6.42 Å². The number of hydrogen-bond donors (Lipinski definition) is 2. The van der Waals surface area contributed by atoms with Gasteiger partial charge in [0.2, 0.25) is 0 Å². The highest BCUT2D eigenvalue weighted by Crippen LogP contribution is 2.37. The molecule has 5 heteroatoms. The quantitative estimate of drug-likeness (QED) is 0.833. The summed E-state index contributed by atoms with van der Waals surface area (Å²) in [6.07, 6.45) is 0.959. The molecule has 3 rings (SSSR count). The minimum Gasteiger partial charge on any atom is -0.478 e. The van der Waals surface area contributed by atoms with Gasteiger partial charge in [-0.1, -0.05) is 0 Å². The zero-order valence-electron chi connectivity index (χ0n) is 11.2. The van der Waals surface area contributed by atoms with E-state index in [1.54, 1.807) is 17.4 Å². The summed E-state index contributed by atoms with van der Waals surface area (Å²) in [6.45, 7) is 2.95. The molecule has 0 radical (unpaired) electrons. The van der Waals surface area contributed by atoms with Crippen molar-refractivity contribution in [1.82, 2.24) is 0 Å². The second kappa shape index (κ2) is 4.83. The Hall–Kier alpha value is -2.01. The van der Waals surface area contributed by atoms with E-state index in [2.05, 4.69) is 23.3 Å². The van der Waals surface area contributed by atoms with Crippen LogP contribution in [0.4, 0.5) is 11.4 Å². The first-order chi connectivity index (χ1) is 9.58. The summed E-state index contributed by atoms with van der Waals surface area (Å²) in [5, 5.41) is 11.5. The SMILES string of the molecule is CC1c2ccsc2CCN1c1ccc(N)cc1C(=O)O. The van der Waals surface area contributed by atoms with Gasteiger partial charge in [-0.25, -0.2) is 4.79 Å².